The largest absolute Gasteiger partial charge is 0.358 e. The summed E-state index contributed by atoms with van der Waals surface area (Å²) in [5.74, 6) is 0.279. The molecule has 7 heteroatoms. The smallest absolute Gasteiger partial charge is 0.259 e. The zero-order chi connectivity index (χ0) is 19.8. The first-order chi connectivity index (χ1) is 13.5. The number of piperidine rings is 1. The summed E-state index contributed by atoms with van der Waals surface area (Å²) in [6, 6.07) is 4.59. The molecule has 3 aromatic rings. The van der Waals surface area contributed by atoms with Crippen LogP contribution in [-0.2, 0) is 0 Å². The number of hydrogen-bond acceptors (Lipinski definition) is 3. The second kappa shape index (κ2) is 7.22. The summed E-state index contributed by atoms with van der Waals surface area (Å²) >= 11 is 0. The molecule has 1 aliphatic rings. The van der Waals surface area contributed by atoms with Gasteiger partial charge in [0.25, 0.3) is 5.91 Å². The molecule has 1 N–H and O–H groups in total. The second-order valence-electron chi connectivity index (χ2n) is 7.57. The number of fused-ring (bicyclic) bond motifs is 1. The van der Waals surface area contributed by atoms with E-state index in [1.807, 2.05) is 6.20 Å². The van der Waals surface area contributed by atoms with Crippen molar-refractivity contribution < 1.29 is 9.18 Å². The Bertz CT molecular complexity index is 1090. The van der Waals surface area contributed by atoms with Gasteiger partial charge in [0, 0.05) is 49.0 Å². The Morgan fingerprint density at radius 1 is 1.36 bits per heavy atom. The quantitative estimate of drug-likeness (QED) is 0.754. The summed E-state index contributed by atoms with van der Waals surface area (Å²) in [5, 5.41) is 0.190. The van der Waals surface area contributed by atoms with Gasteiger partial charge in [-0.2, -0.15) is 0 Å². The van der Waals surface area contributed by atoms with Crippen molar-refractivity contribution in [2.24, 2.45) is 0 Å². The highest BCUT2D eigenvalue weighted by Gasteiger charge is 2.29. The van der Waals surface area contributed by atoms with Crippen molar-refractivity contribution in [2.45, 2.75) is 38.6 Å². The average Bonchev–Trinajstić information content (AvgIpc) is 3.19. The van der Waals surface area contributed by atoms with Crippen LogP contribution in [0.4, 0.5) is 4.39 Å². The topological polar surface area (TPSA) is 71.0 Å². The van der Waals surface area contributed by atoms with Crippen LogP contribution in [0.25, 0.3) is 10.9 Å². The van der Waals surface area contributed by atoms with Crippen LogP contribution in [0.15, 0.2) is 41.6 Å². The number of nitrogens with one attached hydrogen (secondary N) is 1. The first-order valence-corrected chi connectivity index (χ1v) is 9.59. The molecule has 4 rings (SSSR count). The number of benzene rings is 1. The number of likely N-dealkylation sites (tertiary alicyclic amines) is 1. The number of imidazole rings is 1. The van der Waals surface area contributed by atoms with Gasteiger partial charge < -0.3 is 14.5 Å². The van der Waals surface area contributed by atoms with Gasteiger partial charge in [0.05, 0.1) is 5.52 Å². The maximum Gasteiger partial charge on any atom is 0.259 e. The lowest BCUT2D eigenvalue weighted by Gasteiger charge is -2.33. The van der Waals surface area contributed by atoms with E-state index in [1.165, 1.54) is 24.4 Å². The van der Waals surface area contributed by atoms with E-state index in [0.29, 0.717) is 19.1 Å². The fraction of sp³-hybridized carbons (Fsp3) is 0.381. The predicted molar refractivity (Wildman–Crippen MR) is 105 cm³/mol. The van der Waals surface area contributed by atoms with Crippen LogP contribution in [0.3, 0.4) is 0 Å². The molecule has 3 heterocycles. The van der Waals surface area contributed by atoms with E-state index in [-0.39, 0.29) is 28.3 Å². The molecule has 0 aliphatic carbocycles. The SMILES string of the molecule is CC(C)n1ccnc1[C@@H]1CCCN(C(=O)c2c[nH]c3c(F)cccc3c2=O)C1. The number of aromatic amines is 1. The van der Waals surface area contributed by atoms with Crippen molar-refractivity contribution in [3.63, 3.8) is 0 Å². The monoisotopic (exact) mass is 382 g/mol. The first kappa shape index (κ1) is 18.4. The number of H-pyrrole nitrogens is 1. The van der Waals surface area contributed by atoms with E-state index >= 15 is 0 Å². The molecule has 0 bridgehead atoms. The fourth-order valence-corrected chi connectivity index (χ4v) is 3.99. The van der Waals surface area contributed by atoms with Gasteiger partial charge in [-0.15, -0.1) is 0 Å². The van der Waals surface area contributed by atoms with Crippen LogP contribution < -0.4 is 5.43 Å². The maximum atomic E-state index is 13.9. The molecule has 1 aromatic carbocycles. The zero-order valence-corrected chi connectivity index (χ0v) is 16.0. The molecule has 0 spiro atoms. The standard InChI is InChI=1S/C21H23FN4O2/c1-13(2)26-10-8-23-20(26)14-5-4-9-25(12-14)21(28)16-11-24-18-15(19(16)27)6-3-7-17(18)22/h3,6-8,10-11,13-14H,4-5,9,12H2,1-2H3,(H,24,27)/t14-/m1/s1. The molecular weight excluding hydrogens is 359 g/mol. The van der Waals surface area contributed by atoms with Crippen LogP contribution in [0.2, 0.25) is 0 Å². The average molecular weight is 382 g/mol. The summed E-state index contributed by atoms with van der Waals surface area (Å²) in [6.45, 7) is 5.32. The summed E-state index contributed by atoms with van der Waals surface area (Å²) in [5.41, 5.74) is -0.269. The van der Waals surface area contributed by atoms with Gasteiger partial charge >= 0.3 is 0 Å². The van der Waals surface area contributed by atoms with Gasteiger partial charge in [-0.25, -0.2) is 9.37 Å². The summed E-state index contributed by atoms with van der Waals surface area (Å²) in [7, 11) is 0. The number of pyridine rings is 1. The lowest BCUT2D eigenvalue weighted by Crippen LogP contribution is -2.41. The molecule has 1 saturated heterocycles. The number of nitrogens with zero attached hydrogens (tertiary/aromatic N) is 3. The number of carbonyl (C=O) groups excluding carboxylic acids is 1. The Labute approximate surface area is 162 Å². The Morgan fingerprint density at radius 3 is 2.96 bits per heavy atom. The maximum absolute atomic E-state index is 13.9. The van der Waals surface area contributed by atoms with Crippen LogP contribution in [-0.4, -0.2) is 38.4 Å². The van der Waals surface area contributed by atoms with Crippen molar-refractivity contribution in [1.82, 2.24) is 19.4 Å². The minimum atomic E-state index is -0.507. The summed E-state index contributed by atoms with van der Waals surface area (Å²) in [6.07, 6.45) is 6.88. The molecule has 1 aliphatic heterocycles. The predicted octanol–water partition coefficient (Wildman–Crippen LogP) is 3.46. The van der Waals surface area contributed by atoms with Crippen LogP contribution in [0.1, 0.15) is 54.8 Å². The molecule has 0 unspecified atom stereocenters. The van der Waals surface area contributed by atoms with Gasteiger partial charge in [-0.05, 0) is 38.8 Å². The zero-order valence-electron chi connectivity index (χ0n) is 16.0. The third-order valence-corrected chi connectivity index (χ3v) is 5.42. The summed E-state index contributed by atoms with van der Waals surface area (Å²) < 4.78 is 16.0. The van der Waals surface area contributed by atoms with E-state index in [4.69, 9.17) is 0 Å². The van der Waals surface area contributed by atoms with E-state index in [1.54, 1.807) is 11.1 Å². The third-order valence-electron chi connectivity index (χ3n) is 5.42. The molecule has 0 radical (unpaired) electrons. The molecule has 1 fully saturated rings. The van der Waals surface area contributed by atoms with E-state index in [0.717, 1.165) is 18.7 Å². The molecule has 28 heavy (non-hydrogen) atoms. The van der Waals surface area contributed by atoms with Gasteiger partial charge in [0.15, 0.2) is 0 Å². The molecule has 1 amide bonds. The number of aromatic nitrogens is 3. The third kappa shape index (κ3) is 3.10. The lowest BCUT2D eigenvalue weighted by molar-refractivity contribution is 0.0701. The molecule has 1 atom stereocenters. The van der Waals surface area contributed by atoms with Crippen LogP contribution in [0, 0.1) is 5.82 Å². The normalized spacial score (nSPS) is 17.4. The van der Waals surface area contributed by atoms with Gasteiger partial charge in [-0.1, -0.05) is 6.07 Å². The number of halogens is 1. The van der Waals surface area contributed by atoms with Crippen molar-refractivity contribution in [3.8, 4) is 0 Å². The molecule has 6 nitrogen and oxygen atoms in total. The lowest BCUT2D eigenvalue weighted by atomic mass is 9.96. The Kier molecular flexibility index (Phi) is 4.75. The van der Waals surface area contributed by atoms with Crippen LogP contribution >= 0.6 is 0 Å². The minimum absolute atomic E-state index is 0.0472. The minimum Gasteiger partial charge on any atom is -0.358 e. The number of para-hydroxylation sites is 1. The van der Waals surface area contributed by atoms with Gasteiger partial charge in [0.2, 0.25) is 5.43 Å². The Morgan fingerprint density at radius 2 is 2.18 bits per heavy atom. The highest BCUT2D eigenvalue weighted by Crippen LogP contribution is 2.28. The van der Waals surface area contributed by atoms with Crippen molar-refractivity contribution >= 4 is 16.8 Å². The first-order valence-electron chi connectivity index (χ1n) is 9.59. The van der Waals surface area contributed by atoms with Crippen molar-refractivity contribution in [3.05, 3.63) is 64.2 Å². The molecular formula is C21H23FN4O2. The molecule has 2 aromatic heterocycles. The van der Waals surface area contributed by atoms with E-state index in [2.05, 4.69) is 28.4 Å². The van der Waals surface area contributed by atoms with Crippen LogP contribution in [0.5, 0.6) is 0 Å². The number of hydrogen-bond donors (Lipinski definition) is 1. The number of rotatable bonds is 3. The number of amides is 1. The van der Waals surface area contributed by atoms with Crippen molar-refractivity contribution in [1.29, 1.82) is 0 Å². The highest BCUT2D eigenvalue weighted by atomic mass is 19.1. The second-order valence-corrected chi connectivity index (χ2v) is 7.57. The Hall–Kier alpha value is -2.96. The van der Waals surface area contributed by atoms with E-state index < -0.39 is 11.2 Å². The molecule has 0 saturated carbocycles. The van der Waals surface area contributed by atoms with E-state index in [9.17, 15) is 14.0 Å². The van der Waals surface area contributed by atoms with Gasteiger partial charge in [0.1, 0.15) is 17.2 Å². The Balaban J connectivity index is 1.63. The van der Waals surface area contributed by atoms with Crippen molar-refractivity contribution in [2.75, 3.05) is 13.1 Å². The number of carbonyl (C=O) groups is 1. The summed E-state index contributed by atoms with van der Waals surface area (Å²) in [4.78, 5) is 34.8. The van der Waals surface area contributed by atoms with Gasteiger partial charge in [-0.3, -0.25) is 9.59 Å². The molecule has 146 valence electrons. The highest BCUT2D eigenvalue weighted by molar-refractivity contribution is 5.97. The fourth-order valence-electron chi connectivity index (χ4n) is 3.99.